The van der Waals surface area contributed by atoms with Crippen molar-refractivity contribution in [2.45, 2.75) is 0 Å². The minimum Gasteiger partial charge on any atom is -0.423 e. The van der Waals surface area contributed by atoms with Gasteiger partial charge in [-0.3, -0.25) is 9.59 Å². The molecule has 2 N–H and O–H groups in total. The first kappa shape index (κ1) is 23.4. The molecule has 9 heteroatoms. The summed E-state index contributed by atoms with van der Waals surface area (Å²) < 4.78 is 6.17. The minimum atomic E-state index is -0.496. The SMILES string of the molecule is O=C(CNC(=O)c1ccccc1Cl)N/N=C\c1ccc(OC(=O)c2ccccc2I)cc1. The van der Waals surface area contributed by atoms with Crippen LogP contribution in [0.2, 0.25) is 5.02 Å². The van der Waals surface area contributed by atoms with Gasteiger partial charge in [-0.05, 0) is 76.7 Å². The largest absolute Gasteiger partial charge is 0.423 e. The van der Waals surface area contributed by atoms with Gasteiger partial charge in [0.2, 0.25) is 0 Å². The van der Waals surface area contributed by atoms with Crippen molar-refractivity contribution >= 4 is 58.2 Å². The number of carbonyl (C=O) groups excluding carboxylic acids is 3. The predicted molar refractivity (Wildman–Crippen MR) is 130 cm³/mol. The van der Waals surface area contributed by atoms with E-state index in [1.54, 1.807) is 60.7 Å². The number of carbonyl (C=O) groups is 3. The maximum absolute atomic E-state index is 12.2. The first-order valence-corrected chi connectivity index (χ1v) is 10.8. The molecule has 32 heavy (non-hydrogen) atoms. The molecule has 0 saturated carbocycles. The van der Waals surface area contributed by atoms with Crippen LogP contribution in [-0.2, 0) is 4.79 Å². The Morgan fingerprint density at radius 3 is 2.28 bits per heavy atom. The van der Waals surface area contributed by atoms with E-state index in [2.05, 4.69) is 38.4 Å². The molecule has 0 aliphatic rings. The number of rotatable bonds is 7. The highest BCUT2D eigenvalue weighted by atomic mass is 127. The number of hydrazone groups is 1. The number of ether oxygens (including phenoxy) is 1. The number of halogens is 2. The second-order valence-corrected chi connectivity index (χ2v) is 7.96. The number of nitrogens with zero attached hydrogens (tertiary/aromatic N) is 1. The lowest BCUT2D eigenvalue weighted by atomic mass is 10.2. The molecule has 7 nitrogen and oxygen atoms in total. The molecule has 0 radical (unpaired) electrons. The Balaban J connectivity index is 1.47. The van der Waals surface area contributed by atoms with Gasteiger partial charge in [0.15, 0.2) is 0 Å². The Kier molecular flexibility index (Phi) is 8.34. The van der Waals surface area contributed by atoms with E-state index < -0.39 is 17.8 Å². The van der Waals surface area contributed by atoms with Crippen LogP contribution in [0.1, 0.15) is 26.3 Å². The maximum atomic E-state index is 12.2. The lowest BCUT2D eigenvalue weighted by Gasteiger charge is -2.06. The van der Waals surface area contributed by atoms with Crippen molar-refractivity contribution in [3.63, 3.8) is 0 Å². The molecular formula is C23H17ClIN3O4. The molecule has 0 aliphatic heterocycles. The van der Waals surface area contributed by atoms with Crippen LogP contribution in [0.25, 0.3) is 0 Å². The van der Waals surface area contributed by atoms with E-state index in [0.29, 0.717) is 21.9 Å². The van der Waals surface area contributed by atoms with Crippen molar-refractivity contribution in [1.82, 2.24) is 10.7 Å². The highest BCUT2D eigenvalue weighted by molar-refractivity contribution is 14.1. The standard InChI is InChI=1S/C23H17ClIN3O4/c24-19-7-3-1-5-17(19)22(30)26-14-21(29)28-27-13-15-9-11-16(12-10-15)32-23(31)18-6-2-4-8-20(18)25/h1-13H,14H2,(H,26,30)(H,28,29)/b27-13-. The average Bonchev–Trinajstić information content (AvgIpc) is 2.79. The summed E-state index contributed by atoms with van der Waals surface area (Å²) in [5.74, 6) is -1.00. The Morgan fingerprint density at radius 2 is 1.59 bits per heavy atom. The number of benzene rings is 3. The summed E-state index contributed by atoms with van der Waals surface area (Å²) in [7, 11) is 0. The summed E-state index contributed by atoms with van der Waals surface area (Å²) in [4.78, 5) is 36.1. The predicted octanol–water partition coefficient (Wildman–Crippen LogP) is 4.04. The van der Waals surface area contributed by atoms with Crippen molar-refractivity contribution < 1.29 is 19.1 Å². The average molecular weight is 562 g/mol. The summed E-state index contributed by atoms with van der Waals surface area (Å²) in [5, 5.41) is 6.62. The van der Waals surface area contributed by atoms with Crippen LogP contribution in [0.4, 0.5) is 0 Å². The third-order valence-corrected chi connectivity index (χ3v) is 5.39. The molecule has 0 saturated heterocycles. The third-order valence-electron chi connectivity index (χ3n) is 4.12. The van der Waals surface area contributed by atoms with Crippen LogP contribution in [0.5, 0.6) is 5.75 Å². The van der Waals surface area contributed by atoms with Crippen molar-refractivity contribution in [2.75, 3.05) is 6.54 Å². The van der Waals surface area contributed by atoms with Gasteiger partial charge in [0.05, 0.1) is 28.9 Å². The smallest absolute Gasteiger partial charge is 0.344 e. The molecule has 0 heterocycles. The zero-order valence-electron chi connectivity index (χ0n) is 16.5. The number of esters is 1. The summed E-state index contributed by atoms with van der Waals surface area (Å²) >= 11 is 8.03. The van der Waals surface area contributed by atoms with Crippen molar-refractivity contribution in [3.8, 4) is 5.75 Å². The van der Waals surface area contributed by atoms with E-state index in [-0.39, 0.29) is 12.1 Å². The number of hydrogen-bond donors (Lipinski definition) is 2. The van der Waals surface area contributed by atoms with E-state index >= 15 is 0 Å². The summed E-state index contributed by atoms with van der Waals surface area (Å²) in [6.45, 7) is -0.255. The highest BCUT2D eigenvalue weighted by Crippen LogP contribution is 2.17. The molecule has 3 rings (SSSR count). The zero-order chi connectivity index (χ0) is 22.9. The fourth-order valence-electron chi connectivity index (χ4n) is 2.53. The number of amides is 2. The quantitative estimate of drug-likeness (QED) is 0.150. The Morgan fingerprint density at radius 1 is 0.938 bits per heavy atom. The van der Waals surface area contributed by atoms with Gasteiger partial charge in [-0.2, -0.15) is 5.10 Å². The molecule has 0 aliphatic carbocycles. The normalized spacial score (nSPS) is 10.6. The van der Waals surface area contributed by atoms with Crippen molar-refractivity contribution in [3.05, 3.63) is 98.1 Å². The molecule has 0 unspecified atom stereocenters. The first-order valence-electron chi connectivity index (χ1n) is 9.35. The van der Waals surface area contributed by atoms with E-state index in [1.165, 1.54) is 6.21 Å². The van der Waals surface area contributed by atoms with E-state index in [9.17, 15) is 14.4 Å². The van der Waals surface area contributed by atoms with E-state index in [1.807, 2.05) is 12.1 Å². The molecular weight excluding hydrogens is 545 g/mol. The van der Waals surface area contributed by atoms with Gasteiger partial charge in [0.25, 0.3) is 11.8 Å². The molecule has 0 fully saturated rings. The molecule has 0 aromatic heterocycles. The zero-order valence-corrected chi connectivity index (χ0v) is 19.5. The lowest BCUT2D eigenvalue weighted by Crippen LogP contribution is -2.35. The van der Waals surface area contributed by atoms with Crippen LogP contribution in [0.15, 0.2) is 77.9 Å². The Hall–Kier alpha value is -3.24. The molecule has 162 valence electrons. The van der Waals surface area contributed by atoms with Gasteiger partial charge < -0.3 is 10.1 Å². The van der Waals surface area contributed by atoms with Gasteiger partial charge in [0.1, 0.15) is 5.75 Å². The number of hydrogen-bond acceptors (Lipinski definition) is 5. The van der Waals surface area contributed by atoms with Crippen LogP contribution in [0.3, 0.4) is 0 Å². The lowest BCUT2D eigenvalue weighted by molar-refractivity contribution is -0.120. The van der Waals surface area contributed by atoms with Crippen LogP contribution >= 0.6 is 34.2 Å². The monoisotopic (exact) mass is 561 g/mol. The van der Waals surface area contributed by atoms with E-state index in [4.69, 9.17) is 16.3 Å². The summed E-state index contributed by atoms with van der Waals surface area (Å²) in [6, 6.07) is 20.3. The van der Waals surface area contributed by atoms with Gasteiger partial charge in [0, 0.05) is 3.57 Å². The van der Waals surface area contributed by atoms with Gasteiger partial charge >= 0.3 is 5.97 Å². The Labute approximate surface area is 202 Å². The second kappa shape index (κ2) is 11.4. The Bertz CT molecular complexity index is 1170. The molecule has 3 aromatic carbocycles. The molecule has 0 bridgehead atoms. The van der Waals surface area contributed by atoms with Crippen LogP contribution in [0, 0.1) is 3.57 Å². The van der Waals surface area contributed by atoms with Crippen LogP contribution in [-0.4, -0.2) is 30.5 Å². The topological polar surface area (TPSA) is 96.9 Å². The van der Waals surface area contributed by atoms with Gasteiger partial charge in [-0.25, -0.2) is 10.2 Å². The van der Waals surface area contributed by atoms with Crippen LogP contribution < -0.4 is 15.5 Å². The van der Waals surface area contributed by atoms with Gasteiger partial charge in [-0.15, -0.1) is 0 Å². The fraction of sp³-hybridized carbons (Fsp3) is 0.0435. The minimum absolute atomic E-state index is 0.255. The summed E-state index contributed by atoms with van der Waals surface area (Å²) in [5.41, 5.74) is 3.78. The maximum Gasteiger partial charge on any atom is 0.344 e. The molecule has 0 spiro atoms. The molecule has 3 aromatic rings. The first-order chi connectivity index (χ1) is 15.4. The molecule has 0 atom stereocenters. The third kappa shape index (κ3) is 6.63. The van der Waals surface area contributed by atoms with Crippen molar-refractivity contribution in [1.29, 1.82) is 0 Å². The summed E-state index contributed by atoms with van der Waals surface area (Å²) in [6.07, 6.45) is 1.43. The fourth-order valence-corrected chi connectivity index (χ4v) is 3.36. The number of nitrogens with one attached hydrogen (secondary N) is 2. The second-order valence-electron chi connectivity index (χ2n) is 6.39. The van der Waals surface area contributed by atoms with E-state index in [0.717, 1.165) is 3.57 Å². The van der Waals surface area contributed by atoms with Crippen molar-refractivity contribution in [2.24, 2.45) is 5.10 Å². The molecule has 2 amide bonds. The highest BCUT2D eigenvalue weighted by Gasteiger charge is 2.12. The van der Waals surface area contributed by atoms with Gasteiger partial charge in [-0.1, -0.05) is 35.9 Å².